The van der Waals surface area contributed by atoms with Crippen LogP contribution in [0, 0.1) is 0 Å². The van der Waals surface area contributed by atoms with E-state index in [2.05, 4.69) is 21.2 Å². The number of hydrogen-bond donors (Lipinski definition) is 1. The van der Waals surface area contributed by atoms with Gasteiger partial charge in [0, 0.05) is 6.92 Å². The zero-order valence-electron chi connectivity index (χ0n) is 10.0. The van der Waals surface area contributed by atoms with Crippen molar-refractivity contribution in [1.29, 1.82) is 0 Å². The van der Waals surface area contributed by atoms with Gasteiger partial charge in [-0.2, -0.15) is 0 Å². The molecule has 1 N–H and O–H groups in total. The number of rotatable bonds is 5. The third-order valence-electron chi connectivity index (χ3n) is 2.40. The number of carbonyl (C=O) groups excluding carboxylic acids is 1. The molecular weight excluding hydrogens is 308 g/mol. The minimum Gasteiger partial charge on any atom is -0.497 e. The minimum atomic E-state index is -3.07. The Hall–Kier alpha value is -1.17. The lowest BCUT2D eigenvalue weighted by Gasteiger charge is -2.26. The van der Waals surface area contributed by atoms with E-state index in [9.17, 15) is 13.6 Å². The fourth-order valence-electron chi connectivity index (χ4n) is 1.51. The van der Waals surface area contributed by atoms with Gasteiger partial charge in [-0.3, -0.25) is 4.79 Å². The molecule has 6 heteroatoms. The number of alkyl halides is 3. The third-order valence-corrected chi connectivity index (χ3v) is 3.14. The maximum absolute atomic E-state index is 13.8. The van der Waals surface area contributed by atoms with Crippen LogP contribution in [0.3, 0.4) is 0 Å². The first-order valence-corrected chi connectivity index (χ1v) is 6.37. The Morgan fingerprint density at radius 1 is 1.44 bits per heavy atom. The average molecular weight is 322 g/mol. The van der Waals surface area contributed by atoms with E-state index in [1.54, 1.807) is 12.1 Å². The summed E-state index contributed by atoms with van der Waals surface area (Å²) in [5, 5.41) is 1.73. The highest BCUT2D eigenvalue weighted by Gasteiger charge is 2.40. The summed E-state index contributed by atoms with van der Waals surface area (Å²) in [5.74, 6) is -3.00. The van der Waals surface area contributed by atoms with Crippen molar-refractivity contribution in [3.05, 3.63) is 29.8 Å². The minimum absolute atomic E-state index is 0.329. The molecule has 1 unspecified atom stereocenters. The van der Waals surface area contributed by atoms with Crippen molar-refractivity contribution < 1.29 is 18.3 Å². The highest BCUT2D eigenvalue weighted by molar-refractivity contribution is 9.09. The van der Waals surface area contributed by atoms with Gasteiger partial charge in [-0.1, -0.05) is 28.1 Å². The lowest BCUT2D eigenvalue weighted by atomic mass is 10.0. The Balaban J connectivity index is 3.04. The number of ether oxygens (including phenoxy) is 1. The predicted molar refractivity (Wildman–Crippen MR) is 68.3 cm³/mol. The largest absolute Gasteiger partial charge is 0.497 e. The van der Waals surface area contributed by atoms with E-state index in [1.165, 1.54) is 26.2 Å². The third kappa shape index (κ3) is 3.66. The maximum Gasteiger partial charge on any atom is 0.281 e. The maximum atomic E-state index is 13.8. The summed E-state index contributed by atoms with van der Waals surface area (Å²) in [5.41, 5.74) is 0.329. The van der Waals surface area contributed by atoms with Crippen molar-refractivity contribution >= 4 is 21.8 Å². The van der Waals surface area contributed by atoms with Crippen LogP contribution in [-0.2, 0) is 4.79 Å². The number of amides is 1. The Bertz CT molecular complexity index is 409. The van der Waals surface area contributed by atoms with Crippen molar-refractivity contribution in [1.82, 2.24) is 5.32 Å². The van der Waals surface area contributed by atoms with Gasteiger partial charge in [-0.15, -0.1) is 0 Å². The molecule has 0 aliphatic heterocycles. The van der Waals surface area contributed by atoms with Gasteiger partial charge in [-0.25, -0.2) is 8.78 Å². The van der Waals surface area contributed by atoms with E-state index in [4.69, 9.17) is 4.74 Å². The Labute approximate surface area is 113 Å². The zero-order chi connectivity index (χ0) is 13.8. The van der Waals surface area contributed by atoms with Gasteiger partial charge in [0.1, 0.15) is 11.8 Å². The molecule has 1 rings (SSSR count). The Morgan fingerprint density at radius 2 is 2.00 bits per heavy atom. The van der Waals surface area contributed by atoms with Gasteiger partial charge in [0.25, 0.3) is 5.92 Å². The number of methoxy groups -OCH3 is 1. The fourth-order valence-corrected chi connectivity index (χ4v) is 1.83. The number of benzene rings is 1. The van der Waals surface area contributed by atoms with Crippen LogP contribution in [0.25, 0.3) is 0 Å². The van der Waals surface area contributed by atoms with Gasteiger partial charge >= 0.3 is 0 Å². The lowest BCUT2D eigenvalue weighted by molar-refractivity contribution is -0.123. The topological polar surface area (TPSA) is 38.3 Å². The lowest BCUT2D eigenvalue weighted by Crippen LogP contribution is -2.40. The molecule has 0 aliphatic rings. The molecule has 0 heterocycles. The van der Waals surface area contributed by atoms with Gasteiger partial charge < -0.3 is 10.1 Å². The van der Waals surface area contributed by atoms with Crippen molar-refractivity contribution in [2.75, 3.05) is 12.4 Å². The molecule has 0 bridgehead atoms. The number of halogens is 3. The number of carbonyl (C=O) groups is 1. The van der Waals surface area contributed by atoms with Crippen LogP contribution in [0.4, 0.5) is 8.78 Å². The molecule has 0 saturated heterocycles. The summed E-state index contributed by atoms with van der Waals surface area (Å²) >= 11 is 2.76. The molecule has 18 heavy (non-hydrogen) atoms. The van der Waals surface area contributed by atoms with Crippen LogP contribution in [0.2, 0.25) is 0 Å². The van der Waals surface area contributed by atoms with Crippen molar-refractivity contribution in [3.8, 4) is 5.75 Å². The molecule has 0 saturated carbocycles. The number of nitrogens with one attached hydrogen (secondary N) is 1. The first kappa shape index (κ1) is 14.9. The van der Waals surface area contributed by atoms with Gasteiger partial charge in [-0.05, 0) is 17.7 Å². The highest BCUT2D eigenvalue weighted by atomic mass is 79.9. The summed E-state index contributed by atoms with van der Waals surface area (Å²) in [6, 6.07) is 4.81. The second kappa shape index (κ2) is 6.13. The predicted octanol–water partition coefficient (Wildman–Crippen LogP) is 2.90. The van der Waals surface area contributed by atoms with Crippen LogP contribution >= 0.6 is 15.9 Å². The van der Waals surface area contributed by atoms with E-state index in [-0.39, 0.29) is 0 Å². The van der Waals surface area contributed by atoms with Crippen molar-refractivity contribution in [3.63, 3.8) is 0 Å². The first-order chi connectivity index (χ1) is 8.40. The zero-order valence-corrected chi connectivity index (χ0v) is 11.6. The first-order valence-electron chi connectivity index (χ1n) is 5.25. The molecule has 0 aromatic heterocycles. The second-order valence-electron chi connectivity index (χ2n) is 3.80. The smallest absolute Gasteiger partial charge is 0.281 e. The summed E-state index contributed by atoms with van der Waals surface area (Å²) in [6.07, 6.45) is 0. The molecule has 0 fully saturated rings. The fraction of sp³-hybridized carbons (Fsp3) is 0.417. The van der Waals surface area contributed by atoms with E-state index in [0.29, 0.717) is 11.3 Å². The average Bonchev–Trinajstić information content (AvgIpc) is 2.36. The normalized spacial score (nSPS) is 12.9. The molecule has 100 valence electrons. The summed E-state index contributed by atoms with van der Waals surface area (Å²) in [7, 11) is 1.49. The second-order valence-corrected chi connectivity index (χ2v) is 4.36. The number of hydrogen-bond acceptors (Lipinski definition) is 2. The van der Waals surface area contributed by atoms with Crippen LogP contribution in [-0.4, -0.2) is 24.3 Å². The van der Waals surface area contributed by atoms with Crippen molar-refractivity contribution in [2.45, 2.75) is 18.9 Å². The molecule has 3 nitrogen and oxygen atoms in total. The quantitative estimate of drug-likeness (QED) is 0.847. The standard InChI is InChI=1S/C12H14BrF2NO2/c1-8(17)16-11(12(14,15)7-13)9-3-5-10(18-2)6-4-9/h3-6,11H,7H2,1-2H3,(H,16,17). The van der Waals surface area contributed by atoms with E-state index >= 15 is 0 Å². The van der Waals surface area contributed by atoms with Gasteiger partial charge in [0.15, 0.2) is 0 Å². The molecule has 0 aliphatic carbocycles. The molecular formula is C12H14BrF2NO2. The van der Waals surface area contributed by atoms with Crippen LogP contribution in [0.5, 0.6) is 5.75 Å². The molecule has 1 amide bonds. The van der Waals surface area contributed by atoms with Gasteiger partial charge in [0.05, 0.1) is 12.4 Å². The summed E-state index contributed by atoms with van der Waals surface area (Å²) in [6.45, 7) is 1.21. The van der Waals surface area contributed by atoms with Crippen LogP contribution in [0.15, 0.2) is 24.3 Å². The van der Waals surface area contributed by atoms with Gasteiger partial charge in [0.2, 0.25) is 5.91 Å². The Morgan fingerprint density at radius 3 is 2.39 bits per heavy atom. The van der Waals surface area contributed by atoms with E-state index in [0.717, 1.165) is 0 Å². The summed E-state index contributed by atoms with van der Waals surface area (Å²) in [4.78, 5) is 11.0. The molecule has 0 spiro atoms. The highest BCUT2D eigenvalue weighted by Crippen LogP contribution is 2.33. The monoisotopic (exact) mass is 321 g/mol. The van der Waals surface area contributed by atoms with Crippen LogP contribution in [0.1, 0.15) is 18.5 Å². The molecule has 1 aromatic rings. The molecule has 1 atom stereocenters. The molecule has 0 radical (unpaired) electrons. The summed E-state index contributed by atoms with van der Waals surface area (Å²) < 4.78 is 32.5. The van der Waals surface area contributed by atoms with E-state index < -0.39 is 23.2 Å². The van der Waals surface area contributed by atoms with E-state index in [1.807, 2.05) is 0 Å². The van der Waals surface area contributed by atoms with Crippen LogP contribution < -0.4 is 10.1 Å². The Kier molecular flexibility index (Phi) is 5.07. The SMILES string of the molecule is COc1ccc(C(NC(C)=O)C(F)(F)CBr)cc1. The van der Waals surface area contributed by atoms with Crippen molar-refractivity contribution in [2.24, 2.45) is 0 Å². The molecule has 1 aromatic carbocycles.